The standard InChI is InChI=1S/C39H45Cl2F2N7O5S/c1-37(2,3)54-35(51)47-34-45-30-23(10-11-26(43)31(30)56-34)27-25(40)14-24-29(28(27)41)44-33(53-19-39-12-7-13-49(39)16-20(42)15-39)46-32(24)48-17-21-8-9-22(18-48)50(21)36(52)55-38(4,5)6/h10-11,14,20-22H,7-9,12-13,15-19H2,1-6H3,(H,45,47,51)/t20-,21?,22?,39+/m1/s1. The van der Waals surface area contributed by atoms with Crippen molar-refractivity contribution in [1.82, 2.24) is 24.8 Å². The summed E-state index contributed by atoms with van der Waals surface area (Å²) in [6.45, 7) is 13.1. The molecule has 4 aromatic rings. The summed E-state index contributed by atoms with van der Waals surface area (Å²) in [6.07, 6.45) is 1.76. The molecule has 17 heteroatoms. The molecular weight excluding hydrogens is 787 g/mol. The number of amides is 2. The highest BCUT2D eigenvalue weighted by atomic mass is 35.5. The molecule has 4 atom stereocenters. The smallest absolute Gasteiger partial charge is 0.413 e. The van der Waals surface area contributed by atoms with Crippen molar-refractivity contribution in [3.63, 3.8) is 0 Å². The number of halogens is 4. The van der Waals surface area contributed by atoms with Crippen LogP contribution in [-0.2, 0) is 9.47 Å². The van der Waals surface area contributed by atoms with Gasteiger partial charge in [0.1, 0.15) is 35.6 Å². The Hall–Kier alpha value is -3.79. The molecule has 300 valence electrons. The van der Waals surface area contributed by atoms with Gasteiger partial charge in [-0.2, -0.15) is 9.97 Å². The fourth-order valence-electron chi connectivity index (χ4n) is 8.67. The van der Waals surface area contributed by atoms with Crippen molar-refractivity contribution in [1.29, 1.82) is 0 Å². The van der Waals surface area contributed by atoms with Gasteiger partial charge >= 0.3 is 18.2 Å². The summed E-state index contributed by atoms with van der Waals surface area (Å²) in [4.78, 5) is 46.4. The van der Waals surface area contributed by atoms with Crippen LogP contribution in [0.4, 0.5) is 29.3 Å². The number of hydrogen-bond donors (Lipinski definition) is 1. The average molecular weight is 833 g/mol. The maximum Gasteiger partial charge on any atom is 0.413 e. The zero-order valence-corrected chi connectivity index (χ0v) is 34.5. The lowest BCUT2D eigenvalue weighted by molar-refractivity contribution is 0.0122. The van der Waals surface area contributed by atoms with Crippen molar-refractivity contribution < 1.29 is 32.6 Å². The van der Waals surface area contributed by atoms with Crippen LogP contribution in [0, 0.1) is 5.82 Å². The highest BCUT2D eigenvalue weighted by Gasteiger charge is 2.50. The van der Waals surface area contributed by atoms with Crippen LogP contribution in [0.1, 0.15) is 73.6 Å². The van der Waals surface area contributed by atoms with Crippen molar-refractivity contribution in [2.75, 3.05) is 43.0 Å². The minimum atomic E-state index is -0.930. The molecule has 0 saturated carbocycles. The number of piperazine rings is 1. The van der Waals surface area contributed by atoms with E-state index in [1.807, 2.05) is 25.7 Å². The Balaban J connectivity index is 1.20. The second kappa shape index (κ2) is 14.2. The number of hydrogen-bond acceptors (Lipinski definition) is 11. The largest absolute Gasteiger partial charge is 0.461 e. The number of thiazole rings is 1. The number of anilines is 2. The highest BCUT2D eigenvalue weighted by molar-refractivity contribution is 7.22. The molecule has 2 aromatic carbocycles. The monoisotopic (exact) mass is 831 g/mol. The highest BCUT2D eigenvalue weighted by Crippen LogP contribution is 2.47. The van der Waals surface area contributed by atoms with E-state index in [0.717, 1.165) is 43.6 Å². The van der Waals surface area contributed by atoms with Crippen molar-refractivity contribution in [2.45, 2.75) is 109 Å². The third-order valence-electron chi connectivity index (χ3n) is 10.8. The van der Waals surface area contributed by atoms with Crippen LogP contribution in [0.5, 0.6) is 6.01 Å². The number of fused-ring (bicyclic) bond motifs is 5. The van der Waals surface area contributed by atoms with E-state index in [1.54, 1.807) is 32.9 Å². The first-order valence-corrected chi connectivity index (χ1v) is 20.5. The Bertz CT molecular complexity index is 2220. The summed E-state index contributed by atoms with van der Waals surface area (Å²) in [5.74, 6) is 0.00755. The molecule has 8 rings (SSSR count). The zero-order chi connectivity index (χ0) is 39.9. The second-order valence-corrected chi connectivity index (χ2v) is 19.0. The van der Waals surface area contributed by atoms with Crippen molar-refractivity contribution in [3.8, 4) is 17.1 Å². The summed E-state index contributed by atoms with van der Waals surface area (Å²) in [7, 11) is 0. The summed E-state index contributed by atoms with van der Waals surface area (Å²) < 4.78 is 47.7. The Labute approximate surface area is 337 Å². The SMILES string of the molecule is CC(C)(C)OC(=O)Nc1nc2c(-c3c(Cl)cc4c(N5CC6CCC(C5)N6C(=O)OC(C)(C)C)nc(OC[C@@]56CCCN5C[C@H](F)C6)nc4c3Cl)ccc(F)c2s1. The number of aromatic nitrogens is 3. The fourth-order valence-corrected chi connectivity index (χ4v) is 10.3. The molecule has 4 aliphatic rings. The zero-order valence-electron chi connectivity index (χ0n) is 32.2. The van der Waals surface area contributed by atoms with Crippen molar-refractivity contribution in [2.24, 2.45) is 0 Å². The van der Waals surface area contributed by atoms with E-state index >= 15 is 4.39 Å². The number of alkyl halides is 1. The van der Waals surface area contributed by atoms with E-state index < -0.39 is 34.8 Å². The molecule has 4 aliphatic heterocycles. The average Bonchev–Trinajstić information content (AvgIpc) is 3.83. The van der Waals surface area contributed by atoms with E-state index in [1.165, 1.54) is 6.07 Å². The van der Waals surface area contributed by atoms with Gasteiger partial charge in [-0.1, -0.05) is 34.5 Å². The number of ether oxygens (including phenoxy) is 3. The minimum absolute atomic E-state index is 0.0786. The van der Waals surface area contributed by atoms with Crippen LogP contribution in [0.25, 0.3) is 32.2 Å². The van der Waals surface area contributed by atoms with Gasteiger partial charge in [-0.3, -0.25) is 15.1 Å². The van der Waals surface area contributed by atoms with E-state index in [2.05, 4.69) is 20.1 Å². The molecule has 12 nitrogen and oxygen atoms in total. The molecular formula is C39H45Cl2F2N7O5S. The van der Waals surface area contributed by atoms with E-state index in [0.29, 0.717) is 53.9 Å². The molecule has 56 heavy (non-hydrogen) atoms. The molecule has 0 spiro atoms. The van der Waals surface area contributed by atoms with Crippen LogP contribution in [0.2, 0.25) is 10.0 Å². The normalized spacial score (nSPS) is 23.9. The summed E-state index contributed by atoms with van der Waals surface area (Å²) in [5.41, 5.74) is -0.438. The lowest BCUT2D eigenvalue weighted by atomic mass is 9.95. The van der Waals surface area contributed by atoms with Gasteiger partial charge in [-0.25, -0.2) is 23.4 Å². The first kappa shape index (κ1) is 39.1. The molecule has 2 bridgehead atoms. The van der Waals surface area contributed by atoms with Crippen molar-refractivity contribution >= 4 is 78.8 Å². The Morgan fingerprint density at radius 2 is 1.71 bits per heavy atom. The van der Waals surface area contributed by atoms with Gasteiger partial charge < -0.3 is 19.1 Å². The predicted octanol–water partition coefficient (Wildman–Crippen LogP) is 9.24. The third-order valence-corrected chi connectivity index (χ3v) is 12.5. The number of carbonyl (C=O) groups is 2. The maximum absolute atomic E-state index is 15.3. The van der Waals surface area contributed by atoms with Gasteiger partial charge in [0, 0.05) is 42.6 Å². The molecule has 0 aliphatic carbocycles. The Morgan fingerprint density at radius 1 is 1.00 bits per heavy atom. The molecule has 2 unspecified atom stereocenters. The number of benzene rings is 2. The van der Waals surface area contributed by atoms with Gasteiger partial charge in [-0.05, 0) is 92.0 Å². The van der Waals surface area contributed by atoms with E-state index in [-0.39, 0.29) is 56.2 Å². The number of nitrogens with one attached hydrogen (secondary N) is 1. The molecule has 2 amide bonds. The van der Waals surface area contributed by atoms with Crippen LogP contribution in [-0.4, -0.2) is 105 Å². The summed E-state index contributed by atoms with van der Waals surface area (Å²) in [5, 5.41) is 3.73. The first-order chi connectivity index (χ1) is 26.4. The summed E-state index contributed by atoms with van der Waals surface area (Å²) >= 11 is 15.4. The van der Waals surface area contributed by atoms with Gasteiger partial charge in [-0.15, -0.1) is 0 Å². The van der Waals surface area contributed by atoms with Gasteiger partial charge in [0.05, 0.1) is 43.4 Å². The second-order valence-electron chi connectivity index (χ2n) is 17.2. The molecule has 1 N–H and O–H groups in total. The topological polar surface area (TPSA) is 122 Å². The molecule has 0 radical (unpaired) electrons. The third kappa shape index (κ3) is 7.40. The fraction of sp³-hybridized carbons (Fsp3) is 0.564. The minimum Gasteiger partial charge on any atom is -0.461 e. The van der Waals surface area contributed by atoms with Crippen LogP contribution >= 0.6 is 34.5 Å². The molecule has 6 heterocycles. The van der Waals surface area contributed by atoms with Crippen LogP contribution in [0.3, 0.4) is 0 Å². The Morgan fingerprint density at radius 3 is 2.41 bits per heavy atom. The van der Waals surface area contributed by atoms with E-state index in [9.17, 15) is 14.0 Å². The van der Waals surface area contributed by atoms with Crippen LogP contribution < -0.4 is 15.0 Å². The van der Waals surface area contributed by atoms with Gasteiger partial charge in [0.25, 0.3) is 0 Å². The van der Waals surface area contributed by atoms with Gasteiger partial charge in [0.15, 0.2) is 5.13 Å². The lowest BCUT2D eigenvalue weighted by Crippen LogP contribution is -2.57. The van der Waals surface area contributed by atoms with Gasteiger partial charge in [0.2, 0.25) is 0 Å². The van der Waals surface area contributed by atoms with Crippen LogP contribution in [0.15, 0.2) is 18.2 Å². The number of carbonyl (C=O) groups excluding carboxylic acids is 2. The lowest BCUT2D eigenvalue weighted by Gasteiger charge is -2.42. The molecule has 4 fully saturated rings. The molecule has 4 saturated heterocycles. The molecule has 2 aromatic heterocycles. The predicted molar refractivity (Wildman–Crippen MR) is 214 cm³/mol. The quantitative estimate of drug-likeness (QED) is 0.201. The summed E-state index contributed by atoms with van der Waals surface area (Å²) in [6, 6.07) is 4.43. The number of rotatable bonds is 6. The maximum atomic E-state index is 15.3. The Kier molecular flexibility index (Phi) is 9.93. The van der Waals surface area contributed by atoms with E-state index in [4.69, 9.17) is 47.4 Å². The number of nitrogens with zero attached hydrogens (tertiary/aromatic N) is 6. The first-order valence-electron chi connectivity index (χ1n) is 19.0. The van der Waals surface area contributed by atoms with Crippen molar-refractivity contribution in [3.05, 3.63) is 34.1 Å².